The maximum Gasteiger partial charge on any atom is 0.416 e. The molecule has 5 rings (SSSR count). The number of halogens is 4. The maximum absolute atomic E-state index is 15.1. The van der Waals surface area contributed by atoms with Gasteiger partial charge in [-0.2, -0.15) is 13.2 Å². The van der Waals surface area contributed by atoms with Gasteiger partial charge in [-0.05, 0) is 63.4 Å². The van der Waals surface area contributed by atoms with Crippen LogP contribution in [0.25, 0.3) is 11.0 Å². The normalized spacial score (nSPS) is 25.8. The molecule has 0 amide bonds. The lowest BCUT2D eigenvalue weighted by atomic mass is 9.79. The largest absolute Gasteiger partial charge is 0.492 e. The SMILES string of the molecule is C[C@H]1C[C@@](O)(c2ccc(C(F)(F)F)cc2)C[C@@H](COc2cc(F)c3c(c2)ncn3C2CCNCC2)N1. The van der Waals surface area contributed by atoms with E-state index < -0.39 is 23.2 Å². The zero-order valence-corrected chi connectivity index (χ0v) is 20.0. The van der Waals surface area contributed by atoms with Gasteiger partial charge in [-0.1, -0.05) is 12.1 Å². The Kier molecular flexibility index (Phi) is 6.69. The number of nitrogens with zero attached hydrogens (tertiary/aromatic N) is 2. The van der Waals surface area contributed by atoms with Gasteiger partial charge in [0.05, 0.1) is 23.0 Å². The number of rotatable bonds is 5. The first-order chi connectivity index (χ1) is 17.1. The number of hydrogen-bond acceptors (Lipinski definition) is 5. The predicted octanol–water partition coefficient (Wildman–Crippen LogP) is 4.53. The molecule has 2 aromatic carbocycles. The molecular formula is C26H30F4N4O2. The summed E-state index contributed by atoms with van der Waals surface area (Å²) in [6.07, 6.45) is -0.324. The van der Waals surface area contributed by atoms with Crippen molar-refractivity contribution in [2.24, 2.45) is 0 Å². The van der Waals surface area contributed by atoms with E-state index in [0.29, 0.717) is 28.8 Å². The predicted molar refractivity (Wildman–Crippen MR) is 127 cm³/mol. The van der Waals surface area contributed by atoms with Crippen LogP contribution in [0.2, 0.25) is 0 Å². The molecule has 0 radical (unpaired) electrons. The number of fused-ring (bicyclic) bond motifs is 1. The maximum atomic E-state index is 15.1. The molecule has 1 aromatic heterocycles. The smallest absolute Gasteiger partial charge is 0.416 e. The third kappa shape index (κ3) is 5.07. The van der Waals surface area contributed by atoms with Gasteiger partial charge < -0.3 is 25.0 Å². The standard InChI is InChI=1S/C26H30F4N4O2/c1-16-12-25(35,17-2-4-18(5-3-17)26(28,29)30)13-19(33-16)14-36-21-10-22(27)24-23(11-21)32-15-34(24)20-6-8-31-9-7-20/h2-5,10-11,15-16,19-20,31,33,35H,6-9,12-14H2,1H3/t16-,19-,25-/m0/s1. The van der Waals surface area contributed by atoms with Crippen molar-refractivity contribution in [2.75, 3.05) is 19.7 Å². The lowest BCUT2D eigenvalue weighted by Crippen LogP contribution is -2.53. The summed E-state index contributed by atoms with van der Waals surface area (Å²) in [5.41, 5.74) is -0.627. The lowest BCUT2D eigenvalue weighted by Gasteiger charge is -2.41. The molecule has 6 nitrogen and oxygen atoms in total. The summed E-state index contributed by atoms with van der Waals surface area (Å²) < 4.78 is 61.7. The molecule has 0 saturated carbocycles. The van der Waals surface area contributed by atoms with Crippen molar-refractivity contribution in [3.8, 4) is 5.75 Å². The van der Waals surface area contributed by atoms with E-state index in [1.54, 1.807) is 12.4 Å². The van der Waals surface area contributed by atoms with Crippen LogP contribution in [-0.2, 0) is 11.8 Å². The molecule has 3 atom stereocenters. The highest BCUT2D eigenvalue weighted by atomic mass is 19.4. The summed E-state index contributed by atoms with van der Waals surface area (Å²) >= 11 is 0. The Balaban J connectivity index is 1.29. The molecule has 36 heavy (non-hydrogen) atoms. The summed E-state index contributed by atoms with van der Waals surface area (Å²) in [6.45, 7) is 3.84. The van der Waals surface area contributed by atoms with Crippen LogP contribution < -0.4 is 15.4 Å². The third-order valence-corrected chi connectivity index (χ3v) is 7.25. The first kappa shape index (κ1) is 25.0. The number of nitrogens with one attached hydrogen (secondary N) is 2. The number of aromatic nitrogens is 2. The molecule has 194 valence electrons. The van der Waals surface area contributed by atoms with E-state index in [1.807, 2.05) is 11.5 Å². The van der Waals surface area contributed by atoms with Crippen molar-refractivity contribution in [3.05, 3.63) is 59.7 Å². The Labute approximate surface area is 206 Å². The highest BCUT2D eigenvalue weighted by Gasteiger charge is 2.40. The number of benzene rings is 2. The molecule has 2 fully saturated rings. The fraction of sp³-hybridized carbons (Fsp3) is 0.500. The fourth-order valence-electron chi connectivity index (χ4n) is 5.57. The topological polar surface area (TPSA) is 71.3 Å². The summed E-state index contributed by atoms with van der Waals surface area (Å²) in [5, 5.41) is 18.0. The van der Waals surface area contributed by atoms with Crippen LogP contribution in [0.1, 0.15) is 49.8 Å². The van der Waals surface area contributed by atoms with Gasteiger partial charge in [-0.15, -0.1) is 0 Å². The molecule has 10 heteroatoms. The van der Waals surface area contributed by atoms with E-state index in [1.165, 1.54) is 18.2 Å². The van der Waals surface area contributed by atoms with E-state index in [-0.39, 0.29) is 31.2 Å². The molecule has 3 heterocycles. The Bertz CT molecular complexity index is 1210. The van der Waals surface area contributed by atoms with Crippen molar-refractivity contribution in [1.82, 2.24) is 20.2 Å². The van der Waals surface area contributed by atoms with Gasteiger partial charge in [-0.25, -0.2) is 9.37 Å². The van der Waals surface area contributed by atoms with Crippen LogP contribution in [-0.4, -0.2) is 46.4 Å². The van der Waals surface area contributed by atoms with E-state index >= 15 is 4.39 Å². The molecule has 2 aliphatic heterocycles. The average molecular weight is 507 g/mol. The molecular weight excluding hydrogens is 476 g/mol. The Morgan fingerprint density at radius 1 is 1.14 bits per heavy atom. The summed E-state index contributed by atoms with van der Waals surface area (Å²) in [6, 6.07) is 7.54. The zero-order chi connectivity index (χ0) is 25.5. The van der Waals surface area contributed by atoms with Crippen molar-refractivity contribution in [2.45, 2.75) is 62.5 Å². The second-order valence-electron chi connectivity index (χ2n) is 10.00. The molecule has 0 spiro atoms. The highest BCUT2D eigenvalue weighted by Crippen LogP contribution is 2.37. The van der Waals surface area contributed by atoms with Crippen LogP contribution in [0, 0.1) is 5.82 Å². The summed E-state index contributed by atoms with van der Waals surface area (Å²) in [7, 11) is 0. The molecule has 3 aromatic rings. The monoisotopic (exact) mass is 506 g/mol. The summed E-state index contributed by atoms with van der Waals surface area (Å²) in [4.78, 5) is 4.40. The van der Waals surface area contributed by atoms with Crippen molar-refractivity contribution in [1.29, 1.82) is 0 Å². The molecule has 0 bridgehead atoms. The molecule has 0 unspecified atom stereocenters. The minimum Gasteiger partial charge on any atom is -0.492 e. The molecule has 2 saturated heterocycles. The number of hydrogen-bond donors (Lipinski definition) is 3. The quantitative estimate of drug-likeness (QED) is 0.444. The number of alkyl halides is 3. The van der Waals surface area contributed by atoms with E-state index in [9.17, 15) is 18.3 Å². The van der Waals surface area contributed by atoms with E-state index in [2.05, 4.69) is 15.6 Å². The fourth-order valence-corrected chi connectivity index (χ4v) is 5.57. The van der Waals surface area contributed by atoms with Gasteiger partial charge in [0.25, 0.3) is 0 Å². The van der Waals surface area contributed by atoms with E-state index in [4.69, 9.17) is 4.74 Å². The van der Waals surface area contributed by atoms with Crippen LogP contribution in [0.3, 0.4) is 0 Å². The van der Waals surface area contributed by atoms with Gasteiger partial charge >= 0.3 is 6.18 Å². The van der Waals surface area contributed by atoms with Crippen molar-refractivity contribution < 1.29 is 27.4 Å². The van der Waals surface area contributed by atoms with Gasteiger partial charge in [0, 0.05) is 30.3 Å². The minimum absolute atomic E-state index is 0.0976. The molecule has 3 N–H and O–H groups in total. The molecule has 2 aliphatic rings. The number of piperidine rings is 2. The van der Waals surface area contributed by atoms with Gasteiger partial charge in [0.2, 0.25) is 0 Å². The number of imidazole rings is 1. The van der Waals surface area contributed by atoms with Crippen molar-refractivity contribution >= 4 is 11.0 Å². The number of aliphatic hydroxyl groups is 1. The van der Waals surface area contributed by atoms with Crippen LogP contribution in [0.4, 0.5) is 17.6 Å². The Morgan fingerprint density at radius 2 is 1.86 bits per heavy atom. The minimum atomic E-state index is -4.43. The van der Waals surface area contributed by atoms with Gasteiger partial charge in [0.15, 0.2) is 5.82 Å². The lowest BCUT2D eigenvalue weighted by molar-refractivity contribution is -0.137. The second kappa shape index (κ2) is 9.64. The summed E-state index contributed by atoms with van der Waals surface area (Å²) in [5.74, 6) is -0.0570. The first-order valence-electron chi connectivity index (χ1n) is 12.3. The van der Waals surface area contributed by atoms with Crippen LogP contribution in [0.5, 0.6) is 5.75 Å². The average Bonchev–Trinajstić information content (AvgIpc) is 3.27. The Hall–Kier alpha value is -2.69. The van der Waals surface area contributed by atoms with Crippen molar-refractivity contribution in [3.63, 3.8) is 0 Å². The van der Waals surface area contributed by atoms with E-state index in [0.717, 1.165) is 38.1 Å². The molecule has 0 aliphatic carbocycles. The van der Waals surface area contributed by atoms with Crippen LogP contribution in [0.15, 0.2) is 42.7 Å². The third-order valence-electron chi connectivity index (χ3n) is 7.25. The van der Waals surface area contributed by atoms with Crippen LogP contribution >= 0.6 is 0 Å². The zero-order valence-electron chi connectivity index (χ0n) is 20.0. The first-order valence-corrected chi connectivity index (χ1v) is 12.3. The van der Waals surface area contributed by atoms with Gasteiger partial charge in [0.1, 0.15) is 17.9 Å². The Morgan fingerprint density at radius 3 is 2.56 bits per heavy atom. The number of ether oxygens (including phenoxy) is 1. The highest BCUT2D eigenvalue weighted by molar-refractivity contribution is 5.78. The second-order valence-corrected chi connectivity index (χ2v) is 10.00. The van der Waals surface area contributed by atoms with Gasteiger partial charge in [-0.3, -0.25) is 0 Å².